The smallest absolute Gasteiger partial charge is 0.357 e. The zero-order chi connectivity index (χ0) is 17.5. The van der Waals surface area contributed by atoms with Gasteiger partial charge in [-0.25, -0.2) is 14.8 Å². The van der Waals surface area contributed by atoms with Crippen LogP contribution in [0.1, 0.15) is 37.7 Å². The van der Waals surface area contributed by atoms with Gasteiger partial charge in [0.1, 0.15) is 5.75 Å². The fraction of sp³-hybridized carbons (Fsp3) is 0.389. The van der Waals surface area contributed by atoms with Crippen molar-refractivity contribution >= 4 is 11.9 Å². The summed E-state index contributed by atoms with van der Waals surface area (Å²) in [5.41, 5.74) is 7.24. The molecule has 0 aliphatic carbocycles. The Hall–Kier alpha value is -2.63. The van der Waals surface area contributed by atoms with Gasteiger partial charge < -0.3 is 15.2 Å². The summed E-state index contributed by atoms with van der Waals surface area (Å²) in [6, 6.07) is 9.07. The molecule has 2 rings (SSSR count). The van der Waals surface area contributed by atoms with E-state index in [2.05, 4.69) is 23.8 Å². The summed E-state index contributed by atoms with van der Waals surface area (Å²) in [5, 5.41) is 0. The van der Waals surface area contributed by atoms with Crippen LogP contribution in [-0.2, 0) is 4.74 Å². The first-order valence-corrected chi connectivity index (χ1v) is 8.04. The molecular formula is C18H23N3O3. The normalized spacial score (nSPS) is 10.7. The molecule has 0 bridgehead atoms. The van der Waals surface area contributed by atoms with Crippen molar-refractivity contribution in [3.63, 3.8) is 0 Å². The van der Waals surface area contributed by atoms with Crippen LogP contribution in [0.2, 0.25) is 0 Å². The number of nitrogens with two attached hydrogens (primary N) is 1. The SMILES string of the molecule is CCOC(=O)c1cc(-c2ccc(OCCC(C)C)cc2)nc(N)n1. The second kappa shape index (κ2) is 8.29. The maximum Gasteiger partial charge on any atom is 0.357 e. The zero-order valence-corrected chi connectivity index (χ0v) is 14.3. The van der Waals surface area contributed by atoms with Gasteiger partial charge in [0.25, 0.3) is 0 Å². The van der Waals surface area contributed by atoms with E-state index in [0.29, 0.717) is 18.2 Å². The van der Waals surface area contributed by atoms with E-state index in [1.165, 1.54) is 0 Å². The molecule has 6 heteroatoms. The number of nitrogen functional groups attached to an aromatic ring is 1. The van der Waals surface area contributed by atoms with Crippen LogP contribution in [0.15, 0.2) is 30.3 Å². The molecule has 0 saturated heterocycles. The molecule has 2 aromatic rings. The lowest BCUT2D eigenvalue weighted by Crippen LogP contribution is -2.10. The van der Waals surface area contributed by atoms with Gasteiger partial charge in [0.05, 0.1) is 18.9 Å². The molecule has 6 nitrogen and oxygen atoms in total. The summed E-state index contributed by atoms with van der Waals surface area (Å²) in [5.74, 6) is 0.927. The first kappa shape index (κ1) is 17.7. The molecule has 24 heavy (non-hydrogen) atoms. The molecule has 1 heterocycles. The average Bonchev–Trinajstić information content (AvgIpc) is 2.55. The molecule has 0 atom stereocenters. The third-order valence-corrected chi connectivity index (χ3v) is 3.34. The van der Waals surface area contributed by atoms with Crippen LogP contribution in [0.5, 0.6) is 5.75 Å². The van der Waals surface area contributed by atoms with E-state index in [4.69, 9.17) is 15.2 Å². The molecule has 0 radical (unpaired) electrons. The predicted molar refractivity (Wildman–Crippen MR) is 92.8 cm³/mol. The molecule has 1 aromatic heterocycles. The predicted octanol–water partition coefficient (Wildman–Crippen LogP) is 3.33. The summed E-state index contributed by atoms with van der Waals surface area (Å²) in [6.45, 7) is 7.02. The summed E-state index contributed by atoms with van der Waals surface area (Å²) in [4.78, 5) is 19.9. The molecule has 0 fully saturated rings. The first-order chi connectivity index (χ1) is 11.5. The monoisotopic (exact) mass is 329 g/mol. The highest BCUT2D eigenvalue weighted by Crippen LogP contribution is 2.22. The minimum atomic E-state index is -0.513. The van der Waals surface area contributed by atoms with E-state index in [0.717, 1.165) is 17.7 Å². The second-order valence-corrected chi connectivity index (χ2v) is 5.77. The lowest BCUT2D eigenvalue weighted by atomic mass is 10.1. The fourth-order valence-corrected chi connectivity index (χ4v) is 2.06. The maximum atomic E-state index is 11.8. The van der Waals surface area contributed by atoms with E-state index in [1.807, 2.05) is 24.3 Å². The largest absolute Gasteiger partial charge is 0.494 e. The Labute approximate surface area is 142 Å². The van der Waals surface area contributed by atoms with E-state index in [1.54, 1.807) is 13.0 Å². The molecule has 0 aliphatic heterocycles. The van der Waals surface area contributed by atoms with Gasteiger partial charge >= 0.3 is 5.97 Å². The first-order valence-electron chi connectivity index (χ1n) is 8.04. The Balaban J connectivity index is 2.15. The van der Waals surface area contributed by atoms with Gasteiger partial charge in [0.2, 0.25) is 5.95 Å². The maximum absolute atomic E-state index is 11.8. The highest BCUT2D eigenvalue weighted by atomic mass is 16.5. The van der Waals surface area contributed by atoms with Crippen LogP contribution in [0.25, 0.3) is 11.3 Å². The van der Waals surface area contributed by atoms with Gasteiger partial charge in [-0.1, -0.05) is 13.8 Å². The van der Waals surface area contributed by atoms with E-state index < -0.39 is 5.97 Å². The Morgan fingerprint density at radius 3 is 2.54 bits per heavy atom. The topological polar surface area (TPSA) is 87.3 Å². The third-order valence-electron chi connectivity index (χ3n) is 3.34. The highest BCUT2D eigenvalue weighted by Gasteiger charge is 2.12. The number of rotatable bonds is 7. The summed E-state index contributed by atoms with van der Waals surface area (Å²) in [6.07, 6.45) is 1.01. The molecule has 0 spiro atoms. The minimum absolute atomic E-state index is 0.0350. The van der Waals surface area contributed by atoms with Crippen LogP contribution in [0, 0.1) is 5.92 Å². The number of esters is 1. The number of anilines is 1. The Bertz CT molecular complexity index is 684. The number of hydrogen-bond donors (Lipinski definition) is 1. The highest BCUT2D eigenvalue weighted by molar-refractivity contribution is 5.88. The summed E-state index contributed by atoms with van der Waals surface area (Å²) < 4.78 is 10.6. The van der Waals surface area contributed by atoms with Crippen molar-refractivity contribution < 1.29 is 14.3 Å². The van der Waals surface area contributed by atoms with Crippen LogP contribution in [0.4, 0.5) is 5.95 Å². The molecule has 0 aliphatic rings. The van der Waals surface area contributed by atoms with Gasteiger partial charge in [-0.05, 0) is 49.6 Å². The van der Waals surface area contributed by atoms with Crippen molar-refractivity contribution in [1.82, 2.24) is 9.97 Å². The molecule has 0 amide bonds. The standard InChI is InChI=1S/C18H23N3O3/c1-4-23-17(22)16-11-15(20-18(19)21-16)13-5-7-14(8-6-13)24-10-9-12(2)3/h5-8,11-12H,4,9-10H2,1-3H3,(H2,19,20,21). The number of carbonyl (C=O) groups is 1. The minimum Gasteiger partial charge on any atom is -0.494 e. The Morgan fingerprint density at radius 1 is 1.21 bits per heavy atom. The molecule has 2 N–H and O–H groups in total. The van der Waals surface area contributed by atoms with E-state index in [9.17, 15) is 4.79 Å². The summed E-state index contributed by atoms with van der Waals surface area (Å²) in [7, 11) is 0. The average molecular weight is 329 g/mol. The van der Waals surface area contributed by atoms with Gasteiger partial charge in [-0.3, -0.25) is 0 Å². The number of hydrogen-bond acceptors (Lipinski definition) is 6. The molecule has 1 aromatic carbocycles. The van der Waals surface area contributed by atoms with E-state index >= 15 is 0 Å². The van der Waals surface area contributed by atoms with Crippen LogP contribution in [0.3, 0.4) is 0 Å². The van der Waals surface area contributed by atoms with Crippen molar-refractivity contribution in [3.05, 3.63) is 36.0 Å². The molecule has 0 unspecified atom stereocenters. The van der Waals surface area contributed by atoms with Crippen molar-refractivity contribution in [3.8, 4) is 17.0 Å². The second-order valence-electron chi connectivity index (χ2n) is 5.77. The van der Waals surface area contributed by atoms with Crippen molar-refractivity contribution in [2.75, 3.05) is 18.9 Å². The number of aromatic nitrogens is 2. The van der Waals surface area contributed by atoms with E-state index in [-0.39, 0.29) is 18.2 Å². The lowest BCUT2D eigenvalue weighted by molar-refractivity contribution is 0.0519. The van der Waals surface area contributed by atoms with Gasteiger partial charge in [0.15, 0.2) is 5.69 Å². The Kier molecular flexibility index (Phi) is 6.12. The van der Waals surface area contributed by atoms with Crippen molar-refractivity contribution in [2.24, 2.45) is 5.92 Å². The van der Waals surface area contributed by atoms with Crippen LogP contribution < -0.4 is 10.5 Å². The van der Waals surface area contributed by atoms with Crippen molar-refractivity contribution in [2.45, 2.75) is 27.2 Å². The van der Waals surface area contributed by atoms with Crippen molar-refractivity contribution in [1.29, 1.82) is 0 Å². The number of carbonyl (C=O) groups excluding carboxylic acids is 1. The Morgan fingerprint density at radius 2 is 1.92 bits per heavy atom. The third kappa shape index (κ3) is 4.94. The van der Waals surface area contributed by atoms with Crippen LogP contribution in [-0.4, -0.2) is 29.2 Å². The summed E-state index contributed by atoms with van der Waals surface area (Å²) >= 11 is 0. The van der Waals surface area contributed by atoms with Gasteiger partial charge in [-0.15, -0.1) is 0 Å². The number of nitrogens with zero attached hydrogens (tertiary/aromatic N) is 2. The zero-order valence-electron chi connectivity index (χ0n) is 14.3. The number of benzene rings is 1. The van der Waals surface area contributed by atoms with Gasteiger partial charge in [-0.2, -0.15) is 0 Å². The molecule has 128 valence electrons. The lowest BCUT2D eigenvalue weighted by Gasteiger charge is -2.09. The molecular weight excluding hydrogens is 306 g/mol. The number of ether oxygens (including phenoxy) is 2. The quantitative estimate of drug-likeness (QED) is 0.784. The van der Waals surface area contributed by atoms with Gasteiger partial charge in [0, 0.05) is 5.56 Å². The van der Waals surface area contributed by atoms with Crippen LogP contribution >= 0.6 is 0 Å². The fourth-order valence-electron chi connectivity index (χ4n) is 2.06. The molecule has 0 saturated carbocycles.